The Morgan fingerprint density at radius 3 is 2.58 bits per heavy atom. The number of ether oxygens (including phenoxy) is 1. The Labute approximate surface area is 225 Å². The van der Waals surface area contributed by atoms with Crippen LogP contribution in [0.4, 0.5) is 23.4 Å². The van der Waals surface area contributed by atoms with Crippen molar-refractivity contribution < 1.29 is 35.2 Å². The average Bonchev–Trinajstić information content (AvgIpc) is 3.40. The lowest BCUT2D eigenvalue weighted by Gasteiger charge is -2.30. The monoisotopic (exact) mass is 579 g/mol. The lowest BCUT2D eigenvalue weighted by atomic mass is 10.00. The molecule has 210 valence electrons. The first-order valence-corrected chi connectivity index (χ1v) is 13.2. The summed E-state index contributed by atoms with van der Waals surface area (Å²) >= 11 is 0. The van der Waals surface area contributed by atoms with Crippen molar-refractivity contribution in [1.29, 1.82) is 0 Å². The molecule has 0 bridgehead atoms. The minimum atomic E-state index is -4.68. The predicted octanol–water partition coefficient (Wildman–Crippen LogP) is 4.08. The van der Waals surface area contributed by atoms with Gasteiger partial charge in [0.2, 0.25) is 0 Å². The second-order valence-electron chi connectivity index (χ2n) is 8.91. The molecule has 0 unspecified atom stereocenters. The molecule has 0 amide bonds. The van der Waals surface area contributed by atoms with Gasteiger partial charge in [-0.3, -0.25) is 19.1 Å². The van der Waals surface area contributed by atoms with Crippen LogP contribution in [-0.2, 0) is 29.4 Å². The van der Waals surface area contributed by atoms with E-state index in [9.17, 15) is 26.4 Å². The molecular weight excluding hydrogens is 558 g/mol. The van der Waals surface area contributed by atoms with E-state index in [2.05, 4.69) is 19.4 Å². The second kappa shape index (κ2) is 10.1. The molecular formula is C25H21F4N5O5S. The zero-order chi connectivity index (χ0) is 28.8. The fraction of sp³-hybridized carbons (Fsp3) is 0.240. The van der Waals surface area contributed by atoms with Gasteiger partial charge in [-0.05, 0) is 24.6 Å². The van der Waals surface area contributed by atoms with Crippen LogP contribution < -0.4 is 15.0 Å². The lowest BCUT2D eigenvalue weighted by molar-refractivity contribution is -0.137. The minimum absolute atomic E-state index is 0.00211. The average molecular weight is 580 g/mol. The summed E-state index contributed by atoms with van der Waals surface area (Å²) < 4.78 is 95.8. The van der Waals surface area contributed by atoms with Crippen LogP contribution in [0.3, 0.4) is 0 Å². The fourth-order valence-electron chi connectivity index (χ4n) is 4.51. The van der Waals surface area contributed by atoms with Gasteiger partial charge in [0.1, 0.15) is 17.8 Å². The van der Waals surface area contributed by atoms with Crippen molar-refractivity contribution in [2.24, 2.45) is 0 Å². The highest BCUT2D eigenvalue weighted by atomic mass is 32.2. The molecule has 1 aliphatic rings. The Hall–Kier alpha value is -4.24. The number of benzene rings is 1. The number of hydrogen-bond acceptors (Lipinski definition) is 7. The Morgan fingerprint density at radius 1 is 1.12 bits per heavy atom. The van der Waals surface area contributed by atoms with Crippen LogP contribution in [0.1, 0.15) is 22.5 Å². The third-order valence-corrected chi connectivity index (χ3v) is 7.92. The molecule has 0 saturated carbocycles. The van der Waals surface area contributed by atoms with Crippen molar-refractivity contribution in [1.82, 2.24) is 19.0 Å². The van der Waals surface area contributed by atoms with Gasteiger partial charge in [0.25, 0.3) is 5.56 Å². The summed E-state index contributed by atoms with van der Waals surface area (Å²) in [5.74, 6) is -0.880. The van der Waals surface area contributed by atoms with Crippen LogP contribution in [0.25, 0.3) is 16.8 Å². The summed E-state index contributed by atoms with van der Waals surface area (Å²) in [7, 11) is -2.73. The predicted molar refractivity (Wildman–Crippen MR) is 135 cm³/mol. The van der Waals surface area contributed by atoms with Gasteiger partial charge in [-0.25, -0.2) is 4.39 Å². The van der Waals surface area contributed by atoms with Crippen molar-refractivity contribution in [3.05, 3.63) is 87.5 Å². The molecule has 1 N–H and O–H groups in total. The highest BCUT2D eigenvalue weighted by Gasteiger charge is 2.33. The van der Waals surface area contributed by atoms with Gasteiger partial charge in [-0.15, -0.1) is 0 Å². The first kappa shape index (κ1) is 27.3. The molecule has 4 aromatic rings. The minimum Gasteiger partial charge on any atom is -0.495 e. The van der Waals surface area contributed by atoms with Gasteiger partial charge in [0.15, 0.2) is 5.82 Å². The summed E-state index contributed by atoms with van der Waals surface area (Å²) in [6.45, 7) is 1.34. The molecule has 0 saturated heterocycles. The van der Waals surface area contributed by atoms with Gasteiger partial charge < -0.3 is 9.26 Å². The second-order valence-corrected chi connectivity index (χ2v) is 10.6. The first-order chi connectivity index (χ1) is 18.9. The standard InChI is InChI=1S/C25H21F4N5O5S/c1-14-17(9-16(12-30-14)25(27,28)29)18-10-22(38-2)21(11-19(18)26)34-20-5-7-33(13-15(20)3-4-24(34)35)40(36,37)32-23-6-8-39-31-23/h3-4,6,8-12H,5,7,13H2,1-2H3,(H,31,32). The van der Waals surface area contributed by atoms with Crippen molar-refractivity contribution >= 4 is 16.0 Å². The molecule has 1 aliphatic heterocycles. The van der Waals surface area contributed by atoms with Crippen molar-refractivity contribution in [3.63, 3.8) is 0 Å². The van der Waals surface area contributed by atoms with Gasteiger partial charge in [-0.1, -0.05) is 11.2 Å². The number of nitrogens with one attached hydrogen (secondary N) is 1. The smallest absolute Gasteiger partial charge is 0.417 e. The summed E-state index contributed by atoms with van der Waals surface area (Å²) in [5, 5.41) is 3.54. The normalized spacial score (nSPS) is 14.2. The van der Waals surface area contributed by atoms with Gasteiger partial charge in [-0.2, -0.15) is 25.9 Å². The zero-order valence-corrected chi connectivity index (χ0v) is 21.8. The van der Waals surface area contributed by atoms with Crippen molar-refractivity contribution in [2.75, 3.05) is 18.4 Å². The molecule has 0 radical (unpaired) electrons. The molecule has 15 heteroatoms. The van der Waals surface area contributed by atoms with E-state index in [-0.39, 0.29) is 53.6 Å². The number of halogens is 4. The lowest BCUT2D eigenvalue weighted by Crippen LogP contribution is -2.41. The summed E-state index contributed by atoms with van der Waals surface area (Å²) in [4.78, 5) is 16.8. The van der Waals surface area contributed by atoms with Crippen molar-refractivity contribution in [2.45, 2.75) is 26.1 Å². The quantitative estimate of drug-likeness (QED) is 0.342. The van der Waals surface area contributed by atoms with Gasteiger partial charge >= 0.3 is 16.4 Å². The van der Waals surface area contributed by atoms with E-state index >= 15 is 4.39 Å². The fourth-order valence-corrected chi connectivity index (χ4v) is 5.65. The van der Waals surface area contributed by atoms with Gasteiger partial charge in [0, 0.05) is 66.4 Å². The maximum absolute atomic E-state index is 15.5. The van der Waals surface area contributed by atoms with Crippen LogP contribution in [0.15, 0.2) is 58.2 Å². The maximum atomic E-state index is 15.5. The van der Waals surface area contributed by atoms with E-state index in [4.69, 9.17) is 4.74 Å². The molecule has 0 atom stereocenters. The third-order valence-electron chi connectivity index (χ3n) is 6.46. The molecule has 40 heavy (non-hydrogen) atoms. The van der Waals surface area contributed by atoms with E-state index < -0.39 is 33.3 Å². The SMILES string of the molecule is COc1cc(-c2cc(C(F)(F)F)cnc2C)c(F)cc1-n1c2c(ccc1=O)CN(S(=O)(=O)Nc1ccon1)CC2. The first-order valence-electron chi connectivity index (χ1n) is 11.7. The Balaban J connectivity index is 1.56. The Bertz CT molecular complexity index is 1750. The Kier molecular flexibility index (Phi) is 6.87. The largest absolute Gasteiger partial charge is 0.495 e. The van der Waals surface area contributed by atoms with Crippen LogP contribution in [0, 0.1) is 12.7 Å². The summed E-state index contributed by atoms with van der Waals surface area (Å²) in [5.41, 5.74) is -0.745. The van der Waals surface area contributed by atoms with Crippen LogP contribution >= 0.6 is 0 Å². The van der Waals surface area contributed by atoms with Crippen LogP contribution in [-0.4, -0.2) is 41.1 Å². The van der Waals surface area contributed by atoms with Crippen LogP contribution in [0.5, 0.6) is 5.75 Å². The molecule has 4 heterocycles. The summed E-state index contributed by atoms with van der Waals surface area (Å²) in [6, 6.07) is 7.06. The van der Waals surface area contributed by atoms with E-state index in [1.807, 2.05) is 0 Å². The van der Waals surface area contributed by atoms with Crippen molar-refractivity contribution in [3.8, 4) is 22.6 Å². The van der Waals surface area contributed by atoms with E-state index in [0.29, 0.717) is 17.5 Å². The number of anilines is 1. The molecule has 1 aromatic carbocycles. The zero-order valence-electron chi connectivity index (χ0n) is 21.0. The number of hydrogen-bond donors (Lipinski definition) is 1. The number of aromatic nitrogens is 3. The van der Waals surface area contributed by atoms with E-state index in [1.165, 1.54) is 49.1 Å². The number of fused-ring (bicyclic) bond motifs is 1. The molecule has 5 rings (SSSR count). The molecule has 0 aliphatic carbocycles. The van der Waals surface area contributed by atoms with Gasteiger partial charge in [0.05, 0.1) is 18.4 Å². The molecule has 0 fully saturated rings. The molecule has 10 nitrogen and oxygen atoms in total. The number of pyridine rings is 2. The summed E-state index contributed by atoms with van der Waals surface area (Å²) in [6.07, 6.45) is -2.71. The Morgan fingerprint density at radius 2 is 1.90 bits per heavy atom. The number of aryl methyl sites for hydroxylation is 1. The third kappa shape index (κ3) is 5.04. The highest BCUT2D eigenvalue weighted by molar-refractivity contribution is 7.90. The maximum Gasteiger partial charge on any atom is 0.417 e. The van der Waals surface area contributed by atoms with E-state index in [0.717, 1.165) is 16.4 Å². The van der Waals surface area contributed by atoms with E-state index in [1.54, 1.807) is 0 Å². The molecule has 3 aromatic heterocycles. The molecule has 0 spiro atoms. The topological polar surface area (TPSA) is 120 Å². The number of rotatable bonds is 6. The number of methoxy groups -OCH3 is 1. The van der Waals surface area contributed by atoms with Crippen LogP contribution in [0.2, 0.25) is 0 Å². The number of alkyl halides is 3. The highest BCUT2D eigenvalue weighted by Crippen LogP contribution is 2.37. The number of nitrogens with zero attached hydrogens (tertiary/aromatic N) is 4.